The molecule has 2 aromatic rings. The Morgan fingerprint density at radius 1 is 1.15 bits per heavy atom. The van der Waals surface area contributed by atoms with Crippen LogP contribution in [0, 0.1) is 0 Å². The number of benzene rings is 1. The van der Waals surface area contributed by atoms with Crippen LogP contribution < -0.4 is 14.4 Å². The van der Waals surface area contributed by atoms with E-state index >= 15 is 0 Å². The summed E-state index contributed by atoms with van der Waals surface area (Å²) < 4.78 is 11.2. The predicted molar refractivity (Wildman–Crippen MR) is 97.1 cm³/mol. The number of ether oxygens (including phenoxy) is 2. The van der Waals surface area contributed by atoms with Gasteiger partial charge in [0.25, 0.3) is 5.78 Å². The minimum Gasteiger partial charge on any atom is -0.486 e. The van der Waals surface area contributed by atoms with Crippen LogP contribution >= 0.6 is 11.3 Å². The maximum Gasteiger partial charge on any atom is 0.300 e. The molecule has 134 valence electrons. The summed E-state index contributed by atoms with van der Waals surface area (Å²) in [6.45, 7) is 2.26. The SMILES string of the molecule is O=C1C(=O)N(CN2CCCC2c2cccs2)c2cc3c(cc21)OCCO3. The molecular weight excluding hydrogens is 352 g/mol. The molecule has 1 fully saturated rings. The number of thiophene rings is 1. The highest BCUT2D eigenvalue weighted by Gasteiger charge is 2.40. The van der Waals surface area contributed by atoms with Crippen LogP contribution in [0.25, 0.3) is 0 Å². The molecule has 5 rings (SSSR count). The van der Waals surface area contributed by atoms with Crippen LogP contribution in [0.1, 0.15) is 34.1 Å². The lowest BCUT2D eigenvalue weighted by molar-refractivity contribution is -0.114. The molecule has 1 amide bonds. The molecule has 7 heteroatoms. The summed E-state index contributed by atoms with van der Waals surface area (Å²) in [5.41, 5.74) is 1.03. The topological polar surface area (TPSA) is 59.1 Å². The molecule has 0 radical (unpaired) electrons. The fraction of sp³-hybridized carbons (Fsp3) is 0.368. The lowest BCUT2D eigenvalue weighted by Gasteiger charge is -2.29. The van der Waals surface area contributed by atoms with Gasteiger partial charge in [-0.1, -0.05) is 6.07 Å². The fourth-order valence-corrected chi connectivity index (χ4v) is 4.85. The van der Waals surface area contributed by atoms with Crippen molar-refractivity contribution in [2.24, 2.45) is 0 Å². The Hall–Kier alpha value is -2.38. The van der Waals surface area contributed by atoms with E-state index < -0.39 is 11.7 Å². The van der Waals surface area contributed by atoms with Crippen molar-refractivity contribution in [1.82, 2.24) is 4.90 Å². The molecule has 0 aliphatic carbocycles. The minimum absolute atomic E-state index is 0.305. The number of hydrogen-bond donors (Lipinski definition) is 0. The van der Waals surface area contributed by atoms with E-state index in [1.165, 1.54) is 4.88 Å². The molecule has 3 aliphatic heterocycles. The van der Waals surface area contributed by atoms with Crippen molar-refractivity contribution < 1.29 is 19.1 Å². The summed E-state index contributed by atoms with van der Waals surface area (Å²) in [5.74, 6) is 0.192. The first-order valence-electron chi connectivity index (χ1n) is 8.79. The zero-order chi connectivity index (χ0) is 17.7. The molecule has 1 atom stereocenters. The molecule has 3 aliphatic rings. The van der Waals surface area contributed by atoms with Gasteiger partial charge in [0.1, 0.15) is 13.2 Å². The van der Waals surface area contributed by atoms with Crippen molar-refractivity contribution in [3.8, 4) is 11.5 Å². The molecule has 0 bridgehead atoms. The summed E-state index contributed by atoms with van der Waals surface area (Å²) in [5, 5.41) is 2.08. The number of rotatable bonds is 3. The molecule has 6 nitrogen and oxygen atoms in total. The number of nitrogens with zero attached hydrogens (tertiary/aromatic N) is 2. The number of Topliss-reactive ketones (excluding diaryl/α,β-unsaturated/α-hetero) is 1. The second-order valence-corrected chi connectivity index (χ2v) is 7.68. The first kappa shape index (κ1) is 15.8. The second kappa shape index (κ2) is 6.10. The number of carbonyl (C=O) groups excluding carboxylic acids is 2. The van der Waals surface area contributed by atoms with Crippen LogP contribution in [0.3, 0.4) is 0 Å². The largest absolute Gasteiger partial charge is 0.486 e. The van der Waals surface area contributed by atoms with Crippen LogP contribution in [0.5, 0.6) is 11.5 Å². The molecule has 26 heavy (non-hydrogen) atoms. The van der Waals surface area contributed by atoms with Gasteiger partial charge in [-0.15, -0.1) is 11.3 Å². The Morgan fingerprint density at radius 2 is 1.96 bits per heavy atom. The van der Waals surface area contributed by atoms with Gasteiger partial charge in [0, 0.05) is 23.5 Å². The van der Waals surface area contributed by atoms with Gasteiger partial charge in [-0.05, 0) is 30.4 Å². The summed E-state index contributed by atoms with van der Waals surface area (Å²) in [7, 11) is 0. The van der Waals surface area contributed by atoms with Crippen LogP contribution in [-0.2, 0) is 4.79 Å². The lowest BCUT2D eigenvalue weighted by atomic mass is 10.1. The third-order valence-electron chi connectivity index (χ3n) is 5.19. The minimum atomic E-state index is -0.473. The van der Waals surface area contributed by atoms with E-state index in [1.54, 1.807) is 28.4 Å². The van der Waals surface area contributed by atoms with E-state index in [1.807, 2.05) is 0 Å². The summed E-state index contributed by atoms with van der Waals surface area (Å²) in [4.78, 5) is 30.3. The highest BCUT2D eigenvalue weighted by atomic mass is 32.1. The van der Waals surface area contributed by atoms with Crippen molar-refractivity contribution in [1.29, 1.82) is 0 Å². The smallest absolute Gasteiger partial charge is 0.300 e. The van der Waals surface area contributed by atoms with Gasteiger partial charge in [-0.3, -0.25) is 19.4 Å². The molecule has 0 saturated carbocycles. The molecule has 4 heterocycles. The van der Waals surface area contributed by atoms with Crippen molar-refractivity contribution in [3.05, 3.63) is 40.1 Å². The van der Waals surface area contributed by atoms with Gasteiger partial charge in [0.2, 0.25) is 0 Å². The molecule has 1 aromatic heterocycles. The van der Waals surface area contributed by atoms with E-state index in [-0.39, 0.29) is 0 Å². The zero-order valence-electron chi connectivity index (χ0n) is 14.1. The number of hydrogen-bond acceptors (Lipinski definition) is 6. The first-order chi connectivity index (χ1) is 12.7. The van der Waals surface area contributed by atoms with Crippen LogP contribution in [0.4, 0.5) is 5.69 Å². The number of ketones is 1. The first-order valence-corrected chi connectivity index (χ1v) is 9.67. The molecule has 1 aromatic carbocycles. The monoisotopic (exact) mass is 370 g/mol. The number of fused-ring (bicyclic) bond motifs is 2. The summed E-state index contributed by atoms with van der Waals surface area (Å²) >= 11 is 1.74. The van der Waals surface area contributed by atoms with Crippen LogP contribution in [0.15, 0.2) is 29.6 Å². The molecule has 0 spiro atoms. The average Bonchev–Trinajstić information content (AvgIpc) is 3.38. The lowest BCUT2D eigenvalue weighted by Crippen LogP contribution is -2.40. The number of likely N-dealkylation sites (tertiary alicyclic amines) is 1. The Kier molecular flexibility index (Phi) is 3.72. The second-order valence-electron chi connectivity index (χ2n) is 6.70. The number of carbonyl (C=O) groups is 2. The van der Waals surface area contributed by atoms with Crippen molar-refractivity contribution >= 4 is 28.7 Å². The van der Waals surface area contributed by atoms with Crippen molar-refractivity contribution in [2.75, 3.05) is 31.3 Å². The van der Waals surface area contributed by atoms with Gasteiger partial charge < -0.3 is 9.47 Å². The standard InChI is InChI=1S/C19H18N2O4S/c22-18-12-9-15-16(25-7-6-24-15)10-14(12)21(19(18)23)11-20-5-1-3-13(20)17-4-2-8-26-17/h2,4,8-10,13H,1,3,5-7,11H2. The van der Waals surface area contributed by atoms with Crippen molar-refractivity contribution in [3.63, 3.8) is 0 Å². The number of amides is 1. The normalized spacial score (nSPS) is 22.2. The van der Waals surface area contributed by atoms with Gasteiger partial charge >= 0.3 is 5.91 Å². The van der Waals surface area contributed by atoms with E-state index in [4.69, 9.17) is 9.47 Å². The zero-order valence-corrected chi connectivity index (χ0v) is 15.0. The quantitative estimate of drug-likeness (QED) is 0.778. The number of anilines is 1. The molecule has 1 saturated heterocycles. The fourth-order valence-electron chi connectivity index (χ4n) is 3.95. The molecule has 0 N–H and O–H groups in total. The Bertz CT molecular complexity index is 880. The predicted octanol–water partition coefficient (Wildman–Crippen LogP) is 2.84. The van der Waals surface area contributed by atoms with E-state index in [0.717, 1.165) is 19.4 Å². The third-order valence-corrected chi connectivity index (χ3v) is 6.17. The maximum absolute atomic E-state index is 12.6. The van der Waals surface area contributed by atoms with E-state index in [0.29, 0.717) is 48.7 Å². The highest BCUT2D eigenvalue weighted by molar-refractivity contribution is 7.10. The van der Waals surface area contributed by atoms with Crippen LogP contribution in [-0.4, -0.2) is 43.0 Å². The van der Waals surface area contributed by atoms with Crippen molar-refractivity contribution in [2.45, 2.75) is 18.9 Å². The average molecular weight is 370 g/mol. The summed E-state index contributed by atoms with van der Waals surface area (Å²) in [6.07, 6.45) is 2.16. The maximum atomic E-state index is 12.6. The molecular formula is C19H18N2O4S. The van der Waals surface area contributed by atoms with E-state index in [2.05, 4.69) is 22.4 Å². The van der Waals surface area contributed by atoms with Crippen LogP contribution in [0.2, 0.25) is 0 Å². The Balaban J connectivity index is 1.47. The Morgan fingerprint density at radius 3 is 2.73 bits per heavy atom. The van der Waals surface area contributed by atoms with Gasteiger partial charge in [-0.2, -0.15) is 0 Å². The Labute approximate surface area is 154 Å². The van der Waals surface area contributed by atoms with Gasteiger partial charge in [-0.25, -0.2) is 0 Å². The summed E-state index contributed by atoms with van der Waals surface area (Å²) in [6, 6.07) is 7.91. The molecule has 1 unspecified atom stereocenters. The van der Waals surface area contributed by atoms with E-state index in [9.17, 15) is 9.59 Å². The van der Waals surface area contributed by atoms with Gasteiger partial charge in [0.05, 0.1) is 17.9 Å². The van der Waals surface area contributed by atoms with Gasteiger partial charge in [0.15, 0.2) is 11.5 Å². The highest BCUT2D eigenvalue weighted by Crippen LogP contribution is 2.42. The third kappa shape index (κ3) is 2.42.